The molecule has 154 valence electrons. The van der Waals surface area contributed by atoms with Crippen LogP contribution in [0.4, 0.5) is 5.82 Å². The Bertz CT molecular complexity index is 1160. The minimum atomic E-state index is 0.668. The number of aromatic amines is 1. The maximum atomic E-state index is 4.60. The van der Waals surface area contributed by atoms with Crippen molar-refractivity contribution in [2.45, 2.75) is 26.7 Å². The Hall–Kier alpha value is -3.22. The molecule has 30 heavy (non-hydrogen) atoms. The first-order valence-corrected chi connectivity index (χ1v) is 10.6. The fraction of sp³-hybridized carbons (Fsp3) is 0.391. The summed E-state index contributed by atoms with van der Waals surface area (Å²) in [5.74, 6) is 2.32. The number of aryl methyl sites for hydroxylation is 1. The number of hydrogen-bond acceptors (Lipinski definition) is 5. The van der Waals surface area contributed by atoms with Crippen LogP contribution in [0.15, 0.2) is 43.0 Å². The molecule has 2 unspecified atom stereocenters. The van der Waals surface area contributed by atoms with Crippen molar-refractivity contribution < 1.29 is 0 Å². The predicted molar refractivity (Wildman–Crippen MR) is 119 cm³/mol. The maximum absolute atomic E-state index is 4.60. The molecule has 3 aromatic heterocycles. The van der Waals surface area contributed by atoms with Gasteiger partial charge in [0.05, 0.1) is 17.4 Å². The molecule has 4 heterocycles. The summed E-state index contributed by atoms with van der Waals surface area (Å²) in [6, 6.07) is 8.39. The first-order chi connectivity index (χ1) is 14.6. The van der Waals surface area contributed by atoms with Crippen LogP contribution in [-0.4, -0.2) is 43.0 Å². The number of hydrogen-bond donors (Lipinski definition) is 1. The van der Waals surface area contributed by atoms with Gasteiger partial charge in [0, 0.05) is 43.4 Å². The summed E-state index contributed by atoms with van der Waals surface area (Å²) in [5.41, 5.74) is 4.90. The van der Waals surface area contributed by atoms with Gasteiger partial charge in [0.25, 0.3) is 0 Å². The van der Waals surface area contributed by atoms with Crippen molar-refractivity contribution in [1.29, 1.82) is 0 Å². The summed E-state index contributed by atoms with van der Waals surface area (Å²) in [4.78, 5) is 11.6. The SMILES string of the molecule is CC1CCC(C)CN(c2cc(-c3n[nH]c4ccc(-c5cnn(C)c5)cc34)ncn2)C1. The van der Waals surface area contributed by atoms with Crippen LogP contribution in [0.1, 0.15) is 26.7 Å². The van der Waals surface area contributed by atoms with Crippen LogP contribution in [0.2, 0.25) is 0 Å². The molecule has 1 aromatic carbocycles. The largest absolute Gasteiger partial charge is 0.356 e. The van der Waals surface area contributed by atoms with Crippen molar-refractivity contribution in [3.63, 3.8) is 0 Å². The molecule has 1 aliphatic rings. The smallest absolute Gasteiger partial charge is 0.132 e. The van der Waals surface area contributed by atoms with E-state index in [2.05, 4.69) is 68.3 Å². The third-order valence-electron chi connectivity index (χ3n) is 6.04. The first kappa shape index (κ1) is 18.8. The highest BCUT2D eigenvalue weighted by atomic mass is 15.2. The number of nitrogens with zero attached hydrogens (tertiary/aromatic N) is 6. The van der Waals surface area contributed by atoms with E-state index in [0.717, 1.165) is 52.3 Å². The van der Waals surface area contributed by atoms with Crippen LogP contribution in [0.25, 0.3) is 33.4 Å². The lowest BCUT2D eigenvalue weighted by Crippen LogP contribution is -2.30. The molecule has 1 fully saturated rings. The second kappa shape index (κ2) is 7.55. The molecule has 5 rings (SSSR count). The second-order valence-corrected chi connectivity index (χ2v) is 8.69. The van der Waals surface area contributed by atoms with Gasteiger partial charge in [0.15, 0.2) is 0 Å². The van der Waals surface area contributed by atoms with Crippen molar-refractivity contribution in [1.82, 2.24) is 29.9 Å². The van der Waals surface area contributed by atoms with Gasteiger partial charge in [-0.05, 0) is 42.4 Å². The summed E-state index contributed by atoms with van der Waals surface area (Å²) in [6.45, 7) is 6.73. The van der Waals surface area contributed by atoms with Crippen molar-refractivity contribution in [2.75, 3.05) is 18.0 Å². The summed E-state index contributed by atoms with van der Waals surface area (Å²) < 4.78 is 1.82. The Labute approximate surface area is 176 Å². The fourth-order valence-corrected chi connectivity index (χ4v) is 4.37. The molecular weight excluding hydrogens is 374 g/mol. The van der Waals surface area contributed by atoms with E-state index in [1.807, 2.05) is 24.1 Å². The second-order valence-electron chi connectivity index (χ2n) is 8.69. The van der Waals surface area contributed by atoms with Gasteiger partial charge in [0.2, 0.25) is 0 Å². The Balaban J connectivity index is 1.53. The van der Waals surface area contributed by atoms with Gasteiger partial charge in [-0.2, -0.15) is 10.2 Å². The number of nitrogens with one attached hydrogen (secondary N) is 1. The normalized spacial score (nSPS) is 19.9. The van der Waals surface area contributed by atoms with E-state index in [9.17, 15) is 0 Å². The highest BCUT2D eigenvalue weighted by molar-refractivity contribution is 5.95. The molecule has 0 radical (unpaired) electrons. The van der Waals surface area contributed by atoms with Crippen molar-refractivity contribution in [2.24, 2.45) is 18.9 Å². The molecule has 0 bridgehead atoms. The van der Waals surface area contributed by atoms with Crippen LogP contribution in [0.3, 0.4) is 0 Å². The minimum Gasteiger partial charge on any atom is -0.356 e. The number of aromatic nitrogens is 6. The number of benzene rings is 1. The number of fused-ring (bicyclic) bond motifs is 1. The van der Waals surface area contributed by atoms with Gasteiger partial charge in [-0.15, -0.1) is 0 Å². The highest BCUT2D eigenvalue weighted by Crippen LogP contribution is 2.31. The summed E-state index contributed by atoms with van der Waals surface area (Å²) in [6.07, 6.45) is 8.11. The Kier molecular flexibility index (Phi) is 4.73. The third kappa shape index (κ3) is 3.56. The van der Waals surface area contributed by atoms with E-state index >= 15 is 0 Å². The van der Waals surface area contributed by atoms with Gasteiger partial charge >= 0.3 is 0 Å². The molecular formula is C23H27N7. The fourth-order valence-electron chi connectivity index (χ4n) is 4.37. The average Bonchev–Trinajstić information content (AvgIpc) is 3.33. The van der Waals surface area contributed by atoms with E-state index in [1.54, 1.807) is 6.33 Å². The van der Waals surface area contributed by atoms with E-state index < -0.39 is 0 Å². The third-order valence-corrected chi connectivity index (χ3v) is 6.04. The molecule has 7 heteroatoms. The topological polar surface area (TPSA) is 75.5 Å². The average molecular weight is 402 g/mol. The van der Waals surface area contributed by atoms with Crippen LogP contribution in [0, 0.1) is 11.8 Å². The molecule has 0 saturated carbocycles. The quantitative estimate of drug-likeness (QED) is 0.554. The minimum absolute atomic E-state index is 0.668. The Morgan fingerprint density at radius 3 is 2.53 bits per heavy atom. The molecule has 0 spiro atoms. The lowest BCUT2D eigenvalue weighted by molar-refractivity contribution is 0.498. The maximum Gasteiger partial charge on any atom is 0.132 e. The van der Waals surface area contributed by atoms with E-state index in [0.29, 0.717) is 11.8 Å². The van der Waals surface area contributed by atoms with Crippen LogP contribution < -0.4 is 4.90 Å². The zero-order valence-electron chi connectivity index (χ0n) is 17.7. The zero-order chi connectivity index (χ0) is 20.7. The lowest BCUT2D eigenvalue weighted by atomic mass is 10.0. The van der Waals surface area contributed by atoms with Crippen molar-refractivity contribution in [3.8, 4) is 22.5 Å². The highest BCUT2D eigenvalue weighted by Gasteiger charge is 2.21. The lowest BCUT2D eigenvalue weighted by Gasteiger charge is -2.25. The molecule has 1 saturated heterocycles. The summed E-state index contributed by atoms with van der Waals surface area (Å²) in [5, 5.41) is 13.1. The number of rotatable bonds is 3. The predicted octanol–water partition coefficient (Wildman–Crippen LogP) is 4.29. The first-order valence-electron chi connectivity index (χ1n) is 10.6. The zero-order valence-corrected chi connectivity index (χ0v) is 17.7. The monoisotopic (exact) mass is 401 g/mol. The van der Waals surface area contributed by atoms with E-state index in [-0.39, 0.29) is 0 Å². The van der Waals surface area contributed by atoms with E-state index in [4.69, 9.17) is 0 Å². The molecule has 0 amide bonds. The van der Waals surface area contributed by atoms with Crippen molar-refractivity contribution >= 4 is 16.7 Å². The summed E-state index contributed by atoms with van der Waals surface area (Å²) in [7, 11) is 1.93. The van der Waals surface area contributed by atoms with Gasteiger partial charge < -0.3 is 4.90 Å². The van der Waals surface area contributed by atoms with E-state index in [1.165, 1.54) is 12.8 Å². The molecule has 0 aliphatic carbocycles. The van der Waals surface area contributed by atoms with Gasteiger partial charge in [-0.25, -0.2) is 9.97 Å². The molecule has 7 nitrogen and oxygen atoms in total. The summed E-state index contributed by atoms with van der Waals surface area (Å²) >= 11 is 0. The molecule has 1 N–H and O–H groups in total. The van der Waals surface area contributed by atoms with Crippen molar-refractivity contribution in [3.05, 3.63) is 43.0 Å². The molecule has 4 aromatic rings. The van der Waals surface area contributed by atoms with Crippen LogP contribution in [-0.2, 0) is 7.05 Å². The standard InChI is InChI=1S/C23H27N7/c1-15-4-5-16(2)12-30(11-15)22-9-21(24-14-25-22)23-19-8-17(6-7-20(19)27-28-23)18-10-26-29(3)13-18/h6-10,13-16H,4-5,11-12H2,1-3H3,(H,27,28). The van der Waals surface area contributed by atoms with Gasteiger partial charge in [-0.1, -0.05) is 19.9 Å². The van der Waals surface area contributed by atoms with Crippen LogP contribution >= 0.6 is 0 Å². The van der Waals surface area contributed by atoms with Crippen LogP contribution in [0.5, 0.6) is 0 Å². The number of H-pyrrole nitrogens is 1. The number of anilines is 1. The van der Waals surface area contributed by atoms with Gasteiger partial charge in [-0.3, -0.25) is 9.78 Å². The Morgan fingerprint density at radius 2 is 1.80 bits per heavy atom. The molecule has 2 atom stereocenters. The molecule has 1 aliphatic heterocycles. The Morgan fingerprint density at radius 1 is 1.00 bits per heavy atom. The van der Waals surface area contributed by atoms with Gasteiger partial charge in [0.1, 0.15) is 17.8 Å².